The molecule has 1 aliphatic carbocycles. The van der Waals surface area contributed by atoms with E-state index in [1.165, 1.54) is 19.3 Å². The normalized spacial score (nSPS) is 16.8. The highest BCUT2D eigenvalue weighted by atomic mass is 16.5. The van der Waals surface area contributed by atoms with Crippen molar-refractivity contribution in [3.63, 3.8) is 0 Å². The quantitative estimate of drug-likeness (QED) is 0.873. The zero-order valence-corrected chi connectivity index (χ0v) is 10.3. The monoisotopic (exact) mass is 236 g/mol. The van der Waals surface area contributed by atoms with Crippen molar-refractivity contribution in [2.45, 2.75) is 44.8 Å². The van der Waals surface area contributed by atoms with Gasteiger partial charge in [-0.3, -0.25) is 0 Å². The third kappa shape index (κ3) is 3.13. The minimum Gasteiger partial charge on any atom is -0.493 e. The van der Waals surface area contributed by atoms with Gasteiger partial charge in [0.2, 0.25) is 0 Å². The predicted molar refractivity (Wildman–Crippen MR) is 66.4 cm³/mol. The second-order valence-corrected chi connectivity index (χ2v) is 4.52. The van der Waals surface area contributed by atoms with Gasteiger partial charge in [-0.05, 0) is 43.4 Å². The molecular formula is C14H20O3. The van der Waals surface area contributed by atoms with Gasteiger partial charge in [0.25, 0.3) is 0 Å². The molecule has 0 bridgehead atoms. The van der Waals surface area contributed by atoms with Crippen LogP contribution in [0.3, 0.4) is 0 Å². The van der Waals surface area contributed by atoms with Crippen molar-refractivity contribution in [1.29, 1.82) is 0 Å². The van der Waals surface area contributed by atoms with E-state index in [0.717, 1.165) is 24.2 Å². The highest BCUT2D eigenvalue weighted by Gasteiger charge is 2.16. The zero-order chi connectivity index (χ0) is 12.1. The maximum absolute atomic E-state index is 9.07. The third-order valence-electron chi connectivity index (χ3n) is 3.26. The van der Waals surface area contributed by atoms with Crippen LogP contribution in [0.25, 0.3) is 0 Å². The molecule has 94 valence electrons. The third-order valence-corrected chi connectivity index (χ3v) is 3.26. The molecule has 1 saturated carbocycles. The topological polar surface area (TPSA) is 38.7 Å². The van der Waals surface area contributed by atoms with E-state index in [1.54, 1.807) is 7.11 Å². The van der Waals surface area contributed by atoms with Gasteiger partial charge in [0.15, 0.2) is 11.5 Å². The molecule has 0 aromatic heterocycles. The Morgan fingerprint density at radius 1 is 1.18 bits per heavy atom. The largest absolute Gasteiger partial charge is 0.493 e. The Bertz CT molecular complexity index is 356. The molecule has 0 aliphatic heterocycles. The van der Waals surface area contributed by atoms with E-state index in [1.807, 2.05) is 18.2 Å². The molecule has 0 saturated heterocycles. The maximum atomic E-state index is 9.07. The Labute approximate surface area is 102 Å². The summed E-state index contributed by atoms with van der Waals surface area (Å²) in [6.45, 7) is 0.0278. The molecule has 0 amide bonds. The minimum absolute atomic E-state index is 0.0278. The molecule has 2 rings (SSSR count). The summed E-state index contributed by atoms with van der Waals surface area (Å²) in [5, 5.41) is 9.07. The summed E-state index contributed by atoms with van der Waals surface area (Å²) in [4.78, 5) is 0. The summed E-state index contributed by atoms with van der Waals surface area (Å²) in [6, 6.07) is 5.60. The Morgan fingerprint density at radius 2 is 1.94 bits per heavy atom. The SMILES string of the molecule is COc1cc(CO)ccc1OC1CCCCC1. The second-order valence-electron chi connectivity index (χ2n) is 4.52. The molecule has 0 atom stereocenters. The van der Waals surface area contributed by atoms with E-state index in [4.69, 9.17) is 14.6 Å². The van der Waals surface area contributed by atoms with Crippen LogP contribution in [0.4, 0.5) is 0 Å². The first-order valence-electron chi connectivity index (χ1n) is 6.28. The van der Waals surface area contributed by atoms with Gasteiger partial charge >= 0.3 is 0 Å². The molecule has 3 nitrogen and oxygen atoms in total. The van der Waals surface area contributed by atoms with Crippen LogP contribution in [0.2, 0.25) is 0 Å². The highest BCUT2D eigenvalue weighted by Crippen LogP contribution is 2.31. The summed E-state index contributed by atoms with van der Waals surface area (Å²) in [5.41, 5.74) is 0.845. The lowest BCUT2D eigenvalue weighted by atomic mass is 9.98. The van der Waals surface area contributed by atoms with Crippen LogP contribution in [0, 0.1) is 0 Å². The fraction of sp³-hybridized carbons (Fsp3) is 0.571. The molecule has 1 aromatic rings. The van der Waals surface area contributed by atoms with E-state index < -0.39 is 0 Å². The summed E-state index contributed by atoms with van der Waals surface area (Å²) >= 11 is 0. The molecule has 0 unspecified atom stereocenters. The van der Waals surface area contributed by atoms with Gasteiger partial charge < -0.3 is 14.6 Å². The van der Waals surface area contributed by atoms with Crippen LogP contribution in [0.15, 0.2) is 18.2 Å². The number of benzene rings is 1. The molecule has 1 aromatic carbocycles. The Kier molecular flexibility index (Phi) is 4.26. The van der Waals surface area contributed by atoms with Gasteiger partial charge in [-0.15, -0.1) is 0 Å². The fourth-order valence-corrected chi connectivity index (χ4v) is 2.27. The number of rotatable bonds is 4. The molecular weight excluding hydrogens is 216 g/mol. The zero-order valence-electron chi connectivity index (χ0n) is 10.3. The lowest BCUT2D eigenvalue weighted by molar-refractivity contribution is 0.149. The predicted octanol–water partition coefficient (Wildman–Crippen LogP) is 2.90. The number of aliphatic hydroxyl groups excluding tert-OH is 1. The van der Waals surface area contributed by atoms with E-state index in [9.17, 15) is 0 Å². The van der Waals surface area contributed by atoms with Crippen molar-refractivity contribution in [2.24, 2.45) is 0 Å². The Balaban J connectivity index is 2.08. The van der Waals surface area contributed by atoms with Gasteiger partial charge in [0.05, 0.1) is 19.8 Å². The van der Waals surface area contributed by atoms with E-state index in [0.29, 0.717) is 11.9 Å². The van der Waals surface area contributed by atoms with Crippen LogP contribution in [-0.2, 0) is 6.61 Å². The molecule has 0 radical (unpaired) electrons. The van der Waals surface area contributed by atoms with Crippen LogP contribution >= 0.6 is 0 Å². The lowest BCUT2D eigenvalue weighted by Crippen LogP contribution is -2.19. The molecule has 3 heteroatoms. The summed E-state index contributed by atoms with van der Waals surface area (Å²) in [6.07, 6.45) is 6.40. The van der Waals surface area contributed by atoms with E-state index >= 15 is 0 Å². The van der Waals surface area contributed by atoms with Crippen LogP contribution < -0.4 is 9.47 Å². The van der Waals surface area contributed by atoms with Crippen molar-refractivity contribution in [2.75, 3.05) is 7.11 Å². The average Bonchev–Trinajstić information content (AvgIpc) is 2.40. The fourth-order valence-electron chi connectivity index (χ4n) is 2.27. The Hall–Kier alpha value is -1.22. The first-order chi connectivity index (χ1) is 8.33. The van der Waals surface area contributed by atoms with Gasteiger partial charge in [-0.1, -0.05) is 12.5 Å². The first-order valence-corrected chi connectivity index (χ1v) is 6.28. The first kappa shape index (κ1) is 12.2. The summed E-state index contributed by atoms with van der Waals surface area (Å²) in [5.74, 6) is 1.50. The van der Waals surface area contributed by atoms with Gasteiger partial charge in [0, 0.05) is 0 Å². The maximum Gasteiger partial charge on any atom is 0.161 e. The van der Waals surface area contributed by atoms with E-state index in [-0.39, 0.29) is 6.61 Å². The van der Waals surface area contributed by atoms with E-state index in [2.05, 4.69) is 0 Å². The molecule has 0 heterocycles. The van der Waals surface area contributed by atoms with Crippen molar-refractivity contribution in [1.82, 2.24) is 0 Å². The summed E-state index contributed by atoms with van der Waals surface area (Å²) in [7, 11) is 1.63. The number of methoxy groups -OCH3 is 1. The average molecular weight is 236 g/mol. The molecule has 1 N–H and O–H groups in total. The highest BCUT2D eigenvalue weighted by molar-refractivity contribution is 5.42. The minimum atomic E-state index is 0.0278. The number of hydrogen-bond donors (Lipinski definition) is 1. The standard InChI is InChI=1S/C14H20O3/c1-16-14-9-11(10-15)7-8-13(14)17-12-5-3-2-4-6-12/h7-9,12,15H,2-6,10H2,1H3. The smallest absolute Gasteiger partial charge is 0.161 e. The van der Waals surface area contributed by atoms with Crippen molar-refractivity contribution >= 4 is 0 Å². The van der Waals surface area contributed by atoms with Gasteiger partial charge in [0.1, 0.15) is 0 Å². The van der Waals surface area contributed by atoms with Crippen LogP contribution in [0.5, 0.6) is 11.5 Å². The van der Waals surface area contributed by atoms with Crippen molar-refractivity contribution in [3.05, 3.63) is 23.8 Å². The Morgan fingerprint density at radius 3 is 2.59 bits per heavy atom. The lowest BCUT2D eigenvalue weighted by Gasteiger charge is -2.24. The van der Waals surface area contributed by atoms with Crippen LogP contribution in [-0.4, -0.2) is 18.3 Å². The number of hydrogen-bond acceptors (Lipinski definition) is 3. The molecule has 1 aliphatic rings. The van der Waals surface area contributed by atoms with Crippen molar-refractivity contribution < 1.29 is 14.6 Å². The van der Waals surface area contributed by atoms with Crippen molar-refractivity contribution in [3.8, 4) is 11.5 Å². The summed E-state index contributed by atoms with van der Waals surface area (Å²) < 4.78 is 11.3. The molecule has 17 heavy (non-hydrogen) atoms. The number of ether oxygens (including phenoxy) is 2. The molecule has 1 fully saturated rings. The number of aliphatic hydroxyl groups is 1. The van der Waals surface area contributed by atoms with Crippen LogP contribution in [0.1, 0.15) is 37.7 Å². The van der Waals surface area contributed by atoms with Gasteiger partial charge in [-0.2, -0.15) is 0 Å². The molecule has 0 spiro atoms. The van der Waals surface area contributed by atoms with Gasteiger partial charge in [-0.25, -0.2) is 0 Å². The second kappa shape index (κ2) is 5.92.